The Labute approximate surface area is 165 Å². The lowest BCUT2D eigenvalue weighted by Gasteiger charge is -2.19. The molecule has 1 heterocycles. The van der Waals surface area contributed by atoms with Crippen molar-refractivity contribution >= 4 is 23.2 Å². The molecule has 2 aromatic rings. The fourth-order valence-corrected chi connectivity index (χ4v) is 3.14. The summed E-state index contributed by atoms with van der Waals surface area (Å²) in [6.07, 6.45) is 2.35. The average molecular weight is 381 g/mol. The van der Waals surface area contributed by atoms with Crippen molar-refractivity contribution in [2.24, 2.45) is 0 Å². The molecule has 2 amide bonds. The van der Waals surface area contributed by atoms with E-state index in [1.165, 1.54) is 0 Å². The second-order valence-electron chi connectivity index (χ2n) is 6.93. The number of likely N-dealkylation sites (N-methyl/N-ethyl adjacent to an activating group) is 1. The van der Waals surface area contributed by atoms with E-state index >= 15 is 0 Å². The van der Waals surface area contributed by atoms with Gasteiger partial charge in [-0.25, -0.2) is 0 Å². The van der Waals surface area contributed by atoms with E-state index in [1.54, 1.807) is 0 Å². The van der Waals surface area contributed by atoms with Crippen LogP contribution in [-0.4, -0.2) is 38.6 Å². The minimum Gasteiger partial charge on any atom is -0.494 e. The summed E-state index contributed by atoms with van der Waals surface area (Å²) in [4.78, 5) is 25.5. The Kier molecular flexibility index (Phi) is 6.89. The van der Waals surface area contributed by atoms with Gasteiger partial charge in [0.05, 0.1) is 6.61 Å². The molecule has 0 saturated heterocycles. The van der Waals surface area contributed by atoms with Crippen molar-refractivity contribution in [3.05, 3.63) is 54.1 Å². The fourth-order valence-electron chi connectivity index (χ4n) is 3.14. The third-order valence-electron chi connectivity index (χ3n) is 4.76. The Hall–Kier alpha value is -3.02. The van der Waals surface area contributed by atoms with Crippen LogP contribution < -0.4 is 20.3 Å². The first kappa shape index (κ1) is 19.7. The summed E-state index contributed by atoms with van der Waals surface area (Å²) >= 11 is 0. The van der Waals surface area contributed by atoms with Gasteiger partial charge in [-0.1, -0.05) is 18.2 Å². The Morgan fingerprint density at radius 2 is 2.00 bits per heavy atom. The molecule has 148 valence electrons. The summed E-state index contributed by atoms with van der Waals surface area (Å²) in [5.41, 5.74) is 3.09. The van der Waals surface area contributed by atoms with Crippen LogP contribution in [0.1, 0.15) is 24.8 Å². The molecule has 6 heteroatoms. The highest BCUT2D eigenvalue weighted by Gasteiger charge is 2.15. The van der Waals surface area contributed by atoms with Gasteiger partial charge in [0.15, 0.2) is 0 Å². The van der Waals surface area contributed by atoms with Gasteiger partial charge in [0.25, 0.3) is 0 Å². The van der Waals surface area contributed by atoms with Crippen LogP contribution in [0.25, 0.3) is 0 Å². The number of carbonyl (C=O) groups excluding carboxylic acids is 2. The Bertz CT molecular complexity index is 808. The molecular formula is C22H27N3O3. The van der Waals surface area contributed by atoms with Gasteiger partial charge in [0.2, 0.25) is 11.8 Å². The number of hydrogen-bond donors (Lipinski definition) is 2. The van der Waals surface area contributed by atoms with Crippen molar-refractivity contribution in [3.8, 4) is 5.75 Å². The van der Waals surface area contributed by atoms with Crippen molar-refractivity contribution in [3.63, 3.8) is 0 Å². The van der Waals surface area contributed by atoms with Crippen LogP contribution in [0.15, 0.2) is 48.5 Å². The van der Waals surface area contributed by atoms with Crippen LogP contribution in [0.4, 0.5) is 11.4 Å². The largest absolute Gasteiger partial charge is 0.494 e. The lowest BCUT2D eigenvalue weighted by atomic mass is 10.0. The second-order valence-corrected chi connectivity index (χ2v) is 6.93. The molecule has 0 aliphatic carbocycles. The monoisotopic (exact) mass is 381 g/mol. The molecule has 0 radical (unpaired) electrons. The molecule has 0 unspecified atom stereocenters. The Morgan fingerprint density at radius 1 is 1.18 bits per heavy atom. The van der Waals surface area contributed by atoms with Crippen LogP contribution in [0.2, 0.25) is 0 Å². The van der Waals surface area contributed by atoms with Crippen molar-refractivity contribution in [1.82, 2.24) is 5.32 Å². The summed E-state index contributed by atoms with van der Waals surface area (Å²) < 4.78 is 5.75. The topological polar surface area (TPSA) is 70.7 Å². The van der Waals surface area contributed by atoms with Crippen LogP contribution in [0.3, 0.4) is 0 Å². The molecule has 0 bridgehead atoms. The van der Waals surface area contributed by atoms with E-state index in [2.05, 4.69) is 15.5 Å². The molecule has 1 aliphatic rings. The third-order valence-corrected chi connectivity index (χ3v) is 4.76. The van der Waals surface area contributed by atoms with E-state index in [0.29, 0.717) is 32.4 Å². The molecule has 3 rings (SSSR count). The van der Waals surface area contributed by atoms with E-state index in [4.69, 9.17) is 4.74 Å². The molecule has 0 spiro atoms. The number of carbonyl (C=O) groups is 2. The maximum absolute atomic E-state index is 12.0. The summed E-state index contributed by atoms with van der Waals surface area (Å²) in [7, 11) is 2.01. The number of anilines is 2. The van der Waals surface area contributed by atoms with Crippen molar-refractivity contribution in [1.29, 1.82) is 0 Å². The van der Waals surface area contributed by atoms with Gasteiger partial charge in [-0.15, -0.1) is 0 Å². The number of para-hydroxylation sites is 1. The average Bonchev–Trinajstić information content (AvgIpc) is 2.71. The number of benzene rings is 2. The lowest BCUT2D eigenvalue weighted by molar-refractivity contribution is -0.121. The SMILES string of the molecule is CN(CCNC(=O)CCCOc1ccc2c(c1)CCC(=O)N2)c1ccccc1. The van der Waals surface area contributed by atoms with E-state index in [9.17, 15) is 9.59 Å². The van der Waals surface area contributed by atoms with E-state index in [1.807, 2.05) is 55.6 Å². The predicted octanol–water partition coefficient (Wildman–Crippen LogP) is 2.98. The van der Waals surface area contributed by atoms with Gasteiger partial charge < -0.3 is 20.3 Å². The zero-order valence-electron chi connectivity index (χ0n) is 16.2. The maximum atomic E-state index is 12.0. The minimum absolute atomic E-state index is 0.0400. The molecular weight excluding hydrogens is 354 g/mol. The van der Waals surface area contributed by atoms with E-state index in [-0.39, 0.29) is 11.8 Å². The summed E-state index contributed by atoms with van der Waals surface area (Å²) in [5.74, 6) is 0.875. The summed E-state index contributed by atoms with van der Waals surface area (Å²) in [5, 5.41) is 5.81. The molecule has 0 atom stereocenters. The highest BCUT2D eigenvalue weighted by atomic mass is 16.5. The van der Waals surface area contributed by atoms with Crippen molar-refractivity contribution in [2.45, 2.75) is 25.7 Å². The minimum atomic E-state index is 0.0400. The molecule has 2 aromatic carbocycles. The molecule has 0 saturated carbocycles. The van der Waals surface area contributed by atoms with Gasteiger partial charge in [-0.05, 0) is 48.7 Å². The first-order chi connectivity index (χ1) is 13.6. The quantitative estimate of drug-likeness (QED) is 0.655. The maximum Gasteiger partial charge on any atom is 0.224 e. The Morgan fingerprint density at radius 3 is 2.82 bits per heavy atom. The van der Waals surface area contributed by atoms with Crippen LogP contribution >= 0.6 is 0 Å². The highest BCUT2D eigenvalue weighted by molar-refractivity contribution is 5.94. The van der Waals surface area contributed by atoms with Crippen molar-refractivity contribution in [2.75, 3.05) is 37.0 Å². The standard InChI is InChI=1S/C22H27N3O3/c1-25(18-6-3-2-4-7-18)14-13-23-21(26)8-5-15-28-19-10-11-20-17(16-19)9-12-22(27)24-20/h2-4,6-7,10-11,16H,5,8-9,12-15H2,1H3,(H,23,26)(H,24,27). The number of nitrogens with zero attached hydrogens (tertiary/aromatic N) is 1. The first-order valence-corrected chi connectivity index (χ1v) is 9.70. The predicted molar refractivity (Wildman–Crippen MR) is 111 cm³/mol. The number of amides is 2. The highest BCUT2D eigenvalue weighted by Crippen LogP contribution is 2.26. The first-order valence-electron chi connectivity index (χ1n) is 9.70. The number of nitrogens with one attached hydrogen (secondary N) is 2. The number of fused-ring (bicyclic) bond motifs is 1. The second kappa shape index (κ2) is 9.78. The number of rotatable bonds is 9. The van der Waals surface area contributed by atoms with Crippen LogP contribution in [-0.2, 0) is 16.0 Å². The van der Waals surface area contributed by atoms with Gasteiger partial charge in [-0.3, -0.25) is 9.59 Å². The van der Waals surface area contributed by atoms with Gasteiger partial charge in [-0.2, -0.15) is 0 Å². The molecule has 2 N–H and O–H groups in total. The summed E-state index contributed by atoms with van der Waals surface area (Å²) in [6.45, 7) is 1.86. The number of aryl methyl sites for hydroxylation is 1. The molecule has 0 aromatic heterocycles. The fraction of sp³-hybridized carbons (Fsp3) is 0.364. The van der Waals surface area contributed by atoms with Gasteiger partial charge >= 0.3 is 0 Å². The normalized spacial score (nSPS) is 12.7. The molecule has 6 nitrogen and oxygen atoms in total. The lowest BCUT2D eigenvalue weighted by Crippen LogP contribution is -2.33. The number of hydrogen-bond acceptors (Lipinski definition) is 4. The summed E-state index contributed by atoms with van der Waals surface area (Å²) in [6, 6.07) is 15.8. The van der Waals surface area contributed by atoms with Gasteiger partial charge in [0.1, 0.15) is 5.75 Å². The smallest absolute Gasteiger partial charge is 0.224 e. The van der Waals surface area contributed by atoms with Gasteiger partial charge in [0, 0.05) is 44.4 Å². The van der Waals surface area contributed by atoms with Crippen molar-refractivity contribution < 1.29 is 14.3 Å². The molecule has 1 aliphatic heterocycles. The molecule has 28 heavy (non-hydrogen) atoms. The number of ether oxygens (including phenoxy) is 1. The van der Waals surface area contributed by atoms with Crippen LogP contribution in [0, 0.1) is 0 Å². The third kappa shape index (κ3) is 5.74. The van der Waals surface area contributed by atoms with E-state index < -0.39 is 0 Å². The zero-order chi connectivity index (χ0) is 19.8. The zero-order valence-corrected chi connectivity index (χ0v) is 16.2. The van der Waals surface area contributed by atoms with Crippen LogP contribution in [0.5, 0.6) is 5.75 Å². The van der Waals surface area contributed by atoms with E-state index in [0.717, 1.165) is 35.7 Å². The molecule has 0 fully saturated rings. The Balaban J connectivity index is 1.31.